The first-order chi connectivity index (χ1) is 12.3. The number of nitrogens with one attached hydrogen (secondary N) is 2. The lowest BCUT2D eigenvalue weighted by Crippen LogP contribution is -2.37. The van der Waals surface area contributed by atoms with Crippen molar-refractivity contribution >= 4 is 15.9 Å². The zero-order chi connectivity index (χ0) is 19.2. The van der Waals surface area contributed by atoms with Crippen LogP contribution < -0.4 is 10.0 Å². The molecule has 1 aromatic carbocycles. The van der Waals surface area contributed by atoms with Crippen molar-refractivity contribution < 1.29 is 13.2 Å². The van der Waals surface area contributed by atoms with E-state index in [9.17, 15) is 13.2 Å². The molecule has 0 radical (unpaired) electrons. The monoisotopic (exact) mass is 380 g/mol. The molecule has 0 atom stereocenters. The van der Waals surface area contributed by atoms with Crippen molar-refractivity contribution in [3.05, 3.63) is 28.8 Å². The Hall–Kier alpha value is -1.40. The van der Waals surface area contributed by atoms with Crippen LogP contribution in [0.25, 0.3) is 0 Å². The zero-order valence-electron chi connectivity index (χ0n) is 16.2. The van der Waals surface area contributed by atoms with Gasteiger partial charge in [-0.1, -0.05) is 49.8 Å². The molecule has 0 aromatic heterocycles. The van der Waals surface area contributed by atoms with Gasteiger partial charge in [0.2, 0.25) is 15.9 Å². The quantitative estimate of drug-likeness (QED) is 0.793. The molecule has 1 aliphatic carbocycles. The van der Waals surface area contributed by atoms with E-state index in [1.807, 2.05) is 19.1 Å². The van der Waals surface area contributed by atoms with E-state index in [2.05, 4.69) is 10.0 Å². The summed E-state index contributed by atoms with van der Waals surface area (Å²) in [7, 11) is -3.61. The Kier molecular flexibility index (Phi) is 7.65. The molecule has 1 amide bonds. The molecule has 146 valence electrons. The Labute approximate surface area is 158 Å². The van der Waals surface area contributed by atoms with Gasteiger partial charge in [-0.2, -0.15) is 0 Å². The van der Waals surface area contributed by atoms with Gasteiger partial charge in [0.05, 0.1) is 4.90 Å². The molecule has 5 nitrogen and oxygen atoms in total. The highest BCUT2D eigenvalue weighted by Crippen LogP contribution is 2.21. The second-order valence-electron chi connectivity index (χ2n) is 7.49. The van der Waals surface area contributed by atoms with E-state index in [-0.39, 0.29) is 24.9 Å². The van der Waals surface area contributed by atoms with Gasteiger partial charge < -0.3 is 5.32 Å². The summed E-state index contributed by atoms with van der Waals surface area (Å²) in [5, 5.41) is 3.07. The molecule has 2 rings (SSSR count). The predicted octanol–water partition coefficient (Wildman–Crippen LogP) is 3.51. The second kappa shape index (κ2) is 9.51. The molecule has 26 heavy (non-hydrogen) atoms. The summed E-state index contributed by atoms with van der Waals surface area (Å²) >= 11 is 0. The van der Waals surface area contributed by atoms with Gasteiger partial charge in [0.1, 0.15) is 0 Å². The van der Waals surface area contributed by atoms with Gasteiger partial charge in [0.15, 0.2) is 0 Å². The van der Waals surface area contributed by atoms with Crippen molar-refractivity contribution in [1.82, 2.24) is 10.0 Å². The fraction of sp³-hybridized carbons (Fsp3) is 0.650. The molecule has 0 spiro atoms. The summed E-state index contributed by atoms with van der Waals surface area (Å²) in [6.45, 7) is 5.67. The molecular weight excluding hydrogens is 348 g/mol. The van der Waals surface area contributed by atoms with Crippen molar-refractivity contribution in [2.24, 2.45) is 0 Å². The van der Waals surface area contributed by atoms with E-state index >= 15 is 0 Å². The van der Waals surface area contributed by atoms with Crippen LogP contribution in [-0.4, -0.2) is 26.9 Å². The minimum Gasteiger partial charge on any atom is -0.353 e. The van der Waals surface area contributed by atoms with E-state index < -0.39 is 10.0 Å². The van der Waals surface area contributed by atoms with E-state index in [4.69, 9.17) is 0 Å². The average molecular weight is 381 g/mol. The molecule has 6 heteroatoms. The minimum atomic E-state index is -3.61. The van der Waals surface area contributed by atoms with Crippen molar-refractivity contribution in [3.8, 4) is 0 Å². The van der Waals surface area contributed by atoms with Crippen LogP contribution in [0, 0.1) is 20.8 Å². The third kappa shape index (κ3) is 6.09. The van der Waals surface area contributed by atoms with Crippen molar-refractivity contribution in [3.63, 3.8) is 0 Å². The summed E-state index contributed by atoms with van der Waals surface area (Å²) in [4.78, 5) is 12.5. The highest BCUT2D eigenvalue weighted by Gasteiger charge is 2.20. The minimum absolute atomic E-state index is 0.0735. The lowest BCUT2D eigenvalue weighted by molar-refractivity contribution is -0.121. The van der Waals surface area contributed by atoms with E-state index in [1.165, 1.54) is 19.3 Å². The number of hydrogen-bond donors (Lipinski definition) is 2. The number of sulfonamides is 1. The third-order valence-corrected chi connectivity index (χ3v) is 6.75. The van der Waals surface area contributed by atoms with Crippen LogP contribution in [0.4, 0.5) is 0 Å². The predicted molar refractivity (Wildman–Crippen MR) is 105 cm³/mol. The Morgan fingerprint density at radius 3 is 2.12 bits per heavy atom. The maximum Gasteiger partial charge on any atom is 0.241 e. The van der Waals surface area contributed by atoms with Gasteiger partial charge in [0, 0.05) is 19.0 Å². The molecule has 0 unspecified atom stereocenters. The standard InChI is InChI=1S/C20H32N2O3S/c1-15-13-16(2)20(17(3)14-15)26(24,25)21-12-11-19(23)22-18-9-7-5-4-6-8-10-18/h13-14,18,21H,4-12H2,1-3H3,(H,22,23). The Bertz CT molecular complexity index is 698. The Balaban J connectivity index is 1.87. The summed E-state index contributed by atoms with van der Waals surface area (Å²) in [5.41, 5.74) is 2.50. The fourth-order valence-corrected chi connectivity index (χ4v) is 5.34. The number of hydrogen-bond acceptors (Lipinski definition) is 3. The first kappa shape index (κ1) is 20.9. The zero-order valence-corrected chi connectivity index (χ0v) is 17.0. The topological polar surface area (TPSA) is 75.3 Å². The maximum atomic E-state index is 12.6. The molecule has 1 fully saturated rings. The molecule has 0 saturated heterocycles. The fourth-order valence-electron chi connectivity index (χ4n) is 3.86. The number of benzene rings is 1. The molecule has 0 heterocycles. The van der Waals surface area contributed by atoms with Crippen LogP contribution in [0.2, 0.25) is 0 Å². The van der Waals surface area contributed by atoms with Crippen LogP contribution in [0.5, 0.6) is 0 Å². The number of rotatable bonds is 6. The normalized spacial score (nSPS) is 16.7. The molecule has 2 N–H and O–H groups in total. The molecule has 0 aliphatic heterocycles. The maximum absolute atomic E-state index is 12.6. The van der Waals surface area contributed by atoms with E-state index in [0.29, 0.717) is 4.90 Å². The summed E-state index contributed by atoms with van der Waals surface area (Å²) < 4.78 is 27.8. The van der Waals surface area contributed by atoms with E-state index in [0.717, 1.165) is 42.4 Å². The van der Waals surface area contributed by atoms with Crippen molar-refractivity contribution in [2.75, 3.05) is 6.54 Å². The first-order valence-electron chi connectivity index (χ1n) is 9.66. The van der Waals surface area contributed by atoms with Crippen LogP contribution >= 0.6 is 0 Å². The summed E-state index contributed by atoms with van der Waals surface area (Å²) in [5.74, 6) is -0.0735. The van der Waals surface area contributed by atoms with Gasteiger partial charge in [0.25, 0.3) is 0 Å². The van der Waals surface area contributed by atoms with Gasteiger partial charge in [-0.25, -0.2) is 13.1 Å². The summed E-state index contributed by atoms with van der Waals surface area (Å²) in [6, 6.07) is 3.97. The molecular formula is C20H32N2O3S. The number of carbonyl (C=O) groups excluding carboxylic acids is 1. The van der Waals surface area contributed by atoms with Crippen LogP contribution in [-0.2, 0) is 14.8 Å². The highest BCUT2D eigenvalue weighted by atomic mass is 32.2. The van der Waals surface area contributed by atoms with Crippen LogP contribution in [0.1, 0.15) is 68.1 Å². The lowest BCUT2D eigenvalue weighted by atomic mass is 9.96. The van der Waals surface area contributed by atoms with Gasteiger partial charge in [-0.05, 0) is 44.7 Å². The van der Waals surface area contributed by atoms with Crippen LogP contribution in [0.15, 0.2) is 17.0 Å². The number of aryl methyl sites for hydroxylation is 3. The third-order valence-electron chi connectivity index (χ3n) is 4.99. The molecule has 1 aliphatic rings. The SMILES string of the molecule is Cc1cc(C)c(S(=O)(=O)NCCC(=O)NC2CCCCCCC2)c(C)c1. The lowest BCUT2D eigenvalue weighted by Gasteiger charge is -2.21. The smallest absolute Gasteiger partial charge is 0.241 e. The van der Waals surface area contributed by atoms with Gasteiger partial charge >= 0.3 is 0 Å². The van der Waals surface area contributed by atoms with Gasteiger partial charge in [-0.3, -0.25) is 4.79 Å². The van der Waals surface area contributed by atoms with Gasteiger partial charge in [-0.15, -0.1) is 0 Å². The summed E-state index contributed by atoms with van der Waals surface area (Å²) in [6.07, 6.45) is 8.30. The number of carbonyl (C=O) groups is 1. The van der Waals surface area contributed by atoms with Crippen molar-refractivity contribution in [2.45, 2.75) is 83.1 Å². The van der Waals surface area contributed by atoms with E-state index in [1.54, 1.807) is 13.8 Å². The number of amides is 1. The second-order valence-corrected chi connectivity index (χ2v) is 9.19. The highest BCUT2D eigenvalue weighted by molar-refractivity contribution is 7.89. The Morgan fingerprint density at radius 1 is 1.00 bits per heavy atom. The Morgan fingerprint density at radius 2 is 1.54 bits per heavy atom. The van der Waals surface area contributed by atoms with Crippen molar-refractivity contribution in [1.29, 1.82) is 0 Å². The molecule has 1 saturated carbocycles. The largest absolute Gasteiger partial charge is 0.353 e. The van der Waals surface area contributed by atoms with Crippen LogP contribution in [0.3, 0.4) is 0 Å². The average Bonchev–Trinajstić information content (AvgIpc) is 2.48. The first-order valence-corrected chi connectivity index (χ1v) is 11.1. The molecule has 0 bridgehead atoms. The molecule has 1 aromatic rings.